The van der Waals surface area contributed by atoms with Crippen LogP contribution in [0, 0.1) is 0 Å². The van der Waals surface area contributed by atoms with Crippen molar-refractivity contribution in [1.29, 1.82) is 0 Å². The van der Waals surface area contributed by atoms with E-state index in [1.807, 2.05) is 27.7 Å². The van der Waals surface area contributed by atoms with Crippen molar-refractivity contribution in [2.45, 2.75) is 70.1 Å². The minimum atomic E-state index is -3.96. The summed E-state index contributed by atoms with van der Waals surface area (Å²) < 4.78 is 39.2. The van der Waals surface area contributed by atoms with Gasteiger partial charge in [-0.2, -0.15) is 0 Å². The smallest absolute Gasteiger partial charge is 0.399 e. The Balaban J connectivity index is 2.43. The lowest BCUT2D eigenvalue weighted by molar-refractivity contribution is 0.00578. The van der Waals surface area contributed by atoms with E-state index in [1.54, 1.807) is 20.8 Å². The van der Waals surface area contributed by atoms with Crippen molar-refractivity contribution in [2.24, 2.45) is 0 Å². The molecule has 2 heterocycles. The number of H-pyrrole nitrogens is 1. The van der Waals surface area contributed by atoms with Crippen LogP contribution in [0.3, 0.4) is 0 Å². The SMILES string of the molecule is CC(C)(C)NS(=O)(=O)c1cc(B2OC(C)(C)C(C)(C)O2)c[nH]c1=O. The number of aromatic nitrogens is 1. The maximum absolute atomic E-state index is 12.5. The van der Waals surface area contributed by atoms with Crippen LogP contribution in [0.1, 0.15) is 48.5 Å². The van der Waals surface area contributed by atoms with E-state index >= 15 is 0 Å². The van der Waals surface area contributed by atoms with Gasteiger partial charge in [-0.25, -0.2) is 13.1 Å². The Morgan fingerprint density at radius 3 is 2.08 bits per heavy atom. The lowest BCUT2D eigenvalue weighted by Crippen LogP contribution is -2.44. The summed E-state index contributed by atoms with van der Waals surface area (Å²) in [7, 11) is -4.72. The second-order valence-corrected chi connectivity index (χ2v) is 9.72. The van der Waals surface area contributed by atoms with Gasteiger partial charge in [-0.1, -0.05) is 0 Å². The van der Waals surface area contributed by atoms with E-state index in [0.717, 1.165) is 0 Å². The van der Waals surface area contributed by atoms with E-state index in [2.05, 4.69) is 9.71 Å². The average Bonchev–Trinajstić information content (AvgIpc) is 2.55. The largest absolute Gasteiger partial charge is 0.496 e. The fourth-order valence-corrected chi connectivity index (χ4v) is 3.76. The Kier molecular flexibility index (Phi) is 4.55. The average molecular weight is 356 g/mol. The number of hydrogen-bond acceptors (Lipinski definition) is 5. The highest BCUT2D eigenvalue weighted by Crippen LogP contribution is 2.36. The number of hydrogen-bond donors (Lipinski definition) is 2. The Labute approximate surface area is 143 Å². The third-order valence-electron chi connectivity index (χ3n) is 4.15. The molecule has 24 heavy (non-hydrogen) atoms. The molecule has 1 aliphatic rings. The molecule has 0 radical (unpaired) electrons. The van der Waals surface area contributed by atoms with E-state index in [9.17, 15) is 13.2 Å². The van der Waals surface area contributed by atoms with E-state index in [-0.39, 0.29) is 4.90 Å². The summed E-state index contributed by atoms with van der Waals surface area (Å²) in [5.74, 6) is 0. The summed E-state index contributed by atoms with van der Waals surface area (Å²) in [6.45, 7) is 12.7. The van der Waals surface area contributed by atoms with Crippen LogP contribution >= 0.6 is 0 Å². The Hall–Kier alpha value is -1.16. The van der Waals surface area contributed by atoms with Crippen molar-refractivity contribution < 1.29 is 17.7 Å². The first-order valence-corrected chi connectivity index (χ1v) is 9.25. The molecule has 2 rings (SSSR count). The van der Waals surface area contributed by atoms with Gasteiger partial charge in [0.05, 0.1) is 11.2 Å². The van der Waals surface area contributed by atoms with Gasteiger partial charge in [0.15, 0.2) is 0 Å². The summed E-state index contributed by atoms with van der Waals surface area (Å²) >= 11 is 0. The van der Waals surface area contributed by atoms with Crippen LogP contribution in [-0.2, 0) is 19.3 Å². The molecule has 0 spiro atoms. The van der Waals surface area contributed by atoms with E-state index in [0.29, 0.717) is 5.46 Å². The lowest BCUT2D eigenvalue weighted by Gasteiger charge is -2.32. The number of pyridine rings is 1. The molecule has 1 aliphatic heterocycles. The van der Waals surface area contributed by atoms with Crippen LogP contribution in [-0.4, -0.2) is 37.3 Å². The van der Waals surface area contributed by atoms with Gasteiger partial charge >= 0.3 is 7.12 Å². The highest BCUT2D eigenvalue weighted by atomic mass is 32.2. The van der Waals surface area contributed by atoms with Gasteiger partial charge in [0.2, 0.25) is 10.0 Å². The minimum absolute atomic E-state index is 0.357. The van der Waals surface area contributed by atoms with E-state index < -0.39 is 39.4 Å². The number of sulfonamides is 1. The first kappa shape index (κ1) is 19.2. The van der Waals surface area contributed by atoms with Crippen molar-refractivity contribution in [1.82, 2.24) is 9.71 Å². The molecule has 1 aromatic heterocycles. The highest BCUT2D eigenvalue weighted by molar-refractivity contribution is 7.89. The molecule has 1 fully saturated rings. The van der Waals surface area contributed by atoms with Gasteiger partial charge in [0.1, 0.15) is 4.90 Å². The van der Waals surface area contributed by atoms with Gasteiger partial charge in [0.25, 0.3) is 5.56 Å². The molecular formula is C15H25BN2O5S. The van der Waals surface area contributed by atoms with Crippen molar-refractivity contribution in [2.75, 3.05) is 0 Å². The van der Waals surface area contributed by atoms with Crippen molar-refractivity contribution in [3.05, 3.63) is 22.6 Å². The maximum atomic E-state index is 12.5. The molecule has 0 unspecified atom stereocenters. The zero-order valence-electron chi connectivity index (χ0n) is 15.2. The Morgan fingerprint density at radius 2 is 1.62 bits per heavy atom. The molecule has 2 N–H and O–H groups in total. The fraction of sp³-hybridized carbons (Fsp3) is 0.667. The van der Waals surface area contributed by atoms with Crippen LogP contribution < -0.4 is 15.7 Å². The molecule has 0 aliphatic carbocycles. The summed E-state index contributed by atoms with van der Waals surface area (Å²) in [5, 5.41) is 0. The fourth-order valence-electron chi connectivity index (χ4n) is 2.25. The third-order valence-corrected chi connectivity index (χ3v) is 5.91. The molecular weight excluding hydrogens is 331 g/mol. The molecule has 7 nitrogen and oxygen atoms in total. The number of rotatable bonds is 3. The van der Waals surface area contributed by atoms with Crippen molar-refractivity contribution >= 4 is 22.6 Å². The first-order chi connectivity index (χ1) is 10.6. The van der Waals surface area contributed by atoms with E-state index in [1.165, 1.54) is 12.3 Å². The lowest BCUT2D eigenvalue weighted by atomic mass is 9.80. The monoisotopic (exact) mass is 356 g/mol. The zero-order valence-corrected chi connectivity index (χ0v) is 16.0. The van der Waals surface area contributed by atoms with E-state index in [4.69, 9.17) is 9.31 Å². The Bertz CT molecular complexity index is 777. The molecule has 0 atom stereocenters. The molecule has 0 aromatic carbocycles. The van der Waals surface area contributed by atoms with Crippen molar-refractivity contribution in [3.8, 4) is 0 Å². The Morgan fingerprint density at radius 1 is 1.12 bits per heavy atom. The summed E-state index contributed by atoms with van der Waals surface area (Å²) in [6, 6.07) is 1.30. The highest BCUT2D eigenvalue weighted by Gasteiger charge is 2.52. The molecule has 1 saturated heterocycles. The molecule has 9 heteroatoms. The van der Waals surface area contributed by atoms with Gasteiger partial charge in [-0.05, 0) is 54.5 Å². The third kappa shape index (κ3) is 3.74. The first-order valence-electron chi connectivity index (χ1n) is 7.77. The van der Waals surface area contributed by atoms with Crippen LogP contribution in [0.2, 0.25) is 0 Å². The molecule has 0 amide bonds. The van der Waals surface area contributed by atoms with Gasteiger partial charge in [-0.15, -0.1) is 0 Å². The predicted octanol–water partition coefficient (Wildman–Crippen LogP) is 0.751. The molecule has 0 saturated carbocycles. The maximum Gasteiger partial charge on any atom is 0.496 e. The number of aromatic amines is 1. The van der Waals surface area contributed by atoms with Crippen LogP contribution in [0.15, 0.2) is 22.0 Å². The van der Waals surface area contributed by atoms with Gasteiger partial charge in [0, 0.05) is 17.2 Å². The summed E-state index contributed by atoms with van der Waals surface area (Å²) in [6.07, 6.45) is 1.42. The molecule has 0 bridgehead atoms. The molecule has 134 valence electrons. The van der Waals surface area contributed by atoms with Crippen LogP contribution in [0.4, 0.5) is 0 Å². The second-order valence-electron chi connectivity index (χ2n) is 8.07. The van der Waals surface area contributed by atoms with Crippen molar-refractivity contribution in [3.63, 3.8) is 0 Å². The number of nitrogens with one attached hydrogen (secondary N) is 2. The van der Waals surface area contributed by atoms with Crippen LogP contribution in [0.25, 0.3) is 0 Å². The van der Waals surface area contributed by atoms with Gasteiger partial charge < -0.3 is 14.3 Å². The quantitative estimate of drug-likeness (QED) is 0.779. The summed E-state index contributed by atoms with van der Waals surface area (Å²) in [5.41, 5.74) is -2.06. The zero-order chi connectivity index (χ0) is 18.6. The topological polar surface area (TPSA) is 97.5 Å². The summed E-state index contributed by atoms with van der Waals surface area (Å²) in [4.78, 5) is 14.1. The standard InChI is InChI=1S/C15H25BN2O5S/c1-13(2,3)18-24(20,21)11-8-10(9-17-12(11)19)16-22-14(4,5)15(6,7)23-16/h8-9,18H,1-7H3,(H,17,19). The van der Waals surface area contributed by atoms with Gasteiger partial charge in [-0.3, -0.25) is 4.79 Å². The minimum Gasteiger partial charge on any atom is -0.399 e. The normalized spacial score (nSPS) is 20.4. The van der Waals surface area contributed by atoms with Crippen LogP contribution in [0.5, 0.6) is 0 Å². The molecule has 1 aromatic rings. The predicted molar refractivity (Wildman–Crippen MR) is 92.9 cm³/mol. The second kappa shape index (κ2) is 5.69.